The molecule has 1 heterocycles. The normalized spacial score (nSPS) is 16.8. The van der Waals surface area contributed by atoms with Gasteiger partial charge >= 0.3 is 0 Å². The smallest absolute Gasteiger partial charge is 0.193 e. The number of ketones is 1. The number of carbonyl (C=O) groups excluding carboxylic acids is 1. The van der Waals surface area contributed by atoms with Crippen LogP contribution in [0.4, 0.5) is 0 Å². The van der Waals surface area contributed by atoms with Crippen molar-refractivity contribution in [2.45, 2.75) is 32.7 Å². The number of hydrogen-bond acceptors (Lipinski definition) is 3. The van der Waals surface area contributed by atoms with Gasteiger partial charge in [-0.2, -0.15) is 0 Å². The summed E-state index contributed by atoms with van der Waals surface area (Å²) in [7, 11) is 1.88. The molecule has 0 saturated heterocycles. The molecule has 0 amide bonds. The van der Waals surface area contributed by atoms with Crippen LogP contribution < -0.4 is 10.1 Å². The van der Waals surface area contributed by atoms with Gasteiger partial charge in [-0.3, -0.25) is 4.79 Å². The first kappa shape index (κ1) is 20.1. The van der Waals surface area contributed by atoms with Gasteiger partial charge in [0.05, 0.1) is 12.6 Å². The second kappa shape index (κ2) is 9.02. The lowest BCUT2D eigenvalue weighted by Crippen LogP contribution is -2.45. The number of nitrogens with one attached hydrogen (secondary N) is 1. The van der Waals surface area contributed by atoms with Crippen LogP contribution in [-0.4, -0.2) is 29.5 Å². The van der Waals surface area contributed by atoms with Gasteiger partial charge in [0.2, 0.25) is 0 Å². The standard InChI is InChI=1S/C23H26N2O2S/c1-4-5-15-27-19-14-10-9-13-18(19)21-20(16(2)25(3)23(28)24-21)22(26)17-11-7-6-8-12-17/h6-14,21H,4-5,15H2,1-3H3,(H,24,28). The average molecular weight is 395 g/mol. The van der Waals surface area contributed by atoms with E-state index in [0.29, 0.717) is 22.9 Å². The summed E-state index contributed by atoms with van der Waals surface area (Å²) in [5.74, 6) is 0.778. The van der Waals surface area contributed by atoms with Gasteiger partial charge in [0.15, 0.2) is 10.9 Å². The molecule has 5 heteroatoms. The van der Waals surface area contributed by atoms with Crippen molar-refractivity contribution in [2.75, 3.05) is 13.7 Å². The minimum Gasteiger partial charge on any atom is -0.493 e. The number of ether oxygens (including phenoxy) is 1. The zero-order valence-electron chi connectivity index (χ0n) is 16.6. The number of allylic oxidation sites excluding steroid dienone is 1. The van der Waals surface area contributed by atoms with E-state index in [1.165, 1.54) is 0 Å². The van der Waals surface area contributed by atoms with E-state index in [2.05, 4.69) is 12.2 Å². The second-order valence-electron chi connectivity index (χ2n) is 6.88. The number of carbonyl (C=O) groups is 1. The Hall–Kier alpha value is -2.66. The molecule has 1 unspecified atom stereocenters. The molecule has 0 radical (unpaired) electrons. The number of benzene rings is 2. The molecule has 0 spiro atoms. The van der Waals surface area contributed by atoms with E-state index in [1.807, 2.05) is 73.5 Å². The lowest BCUT2D eigenvalue weighted by Gasteiger charge is -2.36. The summed E-state index contributed by atoms with van der Waals surface area (Å²) < 4.78 is 6.03. The van der Waals surface area contributed by atoms with Crippen LogP contribution in [0.25, 0.3) is 0 Å². The minimum absolute atomic E-state index is 0.00619. The molecule has 0 fully saturated rings. The molecule has 146 valence electrons. The van der Waals surface area contributed by atoms with Crippen molar-refractivity contribution < 1.29 is 9.53 Å². The van der Waals surface area contributed by atoms with Crippen LogP contribution in [0.1, 0.15) is 48.7 Å². The van der Waals surface area contributed by atoms with E-state index >= 15 is 0 Å². The van der Waals surface area contributed by atoms with Gasteiger partial charge < -0.3 is 15.0 Å². The predicted octanol–water partition coefficient (Wildman–Crippen LogP) is 4.88. The lowest BCUT2D eigenvalue weighted by molar-refractivity contribution is 0.102. The number of thiocarbonyl (C=S) groups is 1. The van der Waals surface area contributed by atoms with Crippen molar-refractivity contribution in [3.8, 4) is 5.75 Å². The van der Waals surface area contributed by atoms with E-state index in [0.717, 1.165) is 29.9 Å². The van der Waals surface area contributed by atoms with Crippen LogP contribution in [-0.2, 0) is 0 Å². The Morgan fingerprint density at radius 1 is 1.14 bits per heavy atom. The van der Waals surface area contributed by atoms with Crippen LogP contribution in [0.5, 0.6) is 5.75 Å². The van der Waals surface area contributed by atoms with Gasteiger partial charge in [-0.15, -0.1) is 0 Å². The molecule has 2 aromatic carbocycles. The highest BCUT2D eigenvalue weighted by Crippen LogP contribution is 2.36. The van der Waals surface area contributed by atoms with Crippen molar-refractivity contribution in [1.82, 2.24) is 10.2 Å². The maximum absolute atomic E-state index is 13.4. The molecule has 0 aromatic heterocycles. The van der Waals surface area contributed by atoms with Crippen LogP contribution >= 0.6 is 12.2 Å². The monoisotopic (exact) mass is 394 g/mol. The first-order chi connectivity index (χ1) is 13.5. The maximum atomic E-state index is 13.4. The summed E-state index contributed by atoms with van der Waals surface area (Å²) >= 11 is 5.52. The van der Waals surface area contributed by atoms with Gasteiger partial charge in [-0.25, -0.2) is 0 Å². The van der Waals surface area contributed by atoms with Crippen molar-refractivity contribution in [2.24, 2.45) is 0 Å². The third-order valence-electron chi connectivity index (χ3n) is 5.02. The fourth-order valence-electron chi connectivity index (χ4n) is 3.28. The van der Waals surface area contributed by atoms with Crippen molar-refractivity contribution in [1.29, 1.82) is 0 Å². The highest BCUT2D eigenvalue weighted by Gasteiger charge is 2.34. The Kier molecular flexibility index (Phi) is 6.47. The number of nitrogens with zero attached hydrogens (tertiary/aromatic N) is 1. The number of hydrogen-bond donors (Lipinski definition) is 1. The molecule has 4 nitrogen and oxygen atoms in total. The summed E-state index contributed by atoms with van der Waals surface area (Å²) in [6, 6.07) is 16.9. The lowest BCUT2D eigenvalue weighted by atomic mass is 9.89. The third kappa shape index (κ3) is 4.09. The molecule has 2 aromatic rings. The molecular formula is C23H26N2O2S. The summed E-state index contributed by atoms with van der Waals surface area (Å²) in [6.45, 7) is 4.72. The Morgan fingerprint density at radius 2 is 1.82 bits per heavy atom. The minimum atomic E-state index is -0.353. The highest BCUT2D eigenvalue weighted by molar-refractivity contribution is 7.80. The van der Waals surface area contributed by atoms with Crippen molar-refractivity contribution >= 4 is 23.1 Å². The van der Waals surface area contributed by atoms with Gasteiger partial charge in [-0.1, -0.05) is 61.9 Å². The number of unbranched alkanes of at least 4 members (excludes halogenated alkanes) is 1. The van der Waals surface area contributed by atoms with Gasteiger partial charge in [0.25, 0.3) is 0 Å². The molecule has 1 aliphatic heterocycles. The Labute approximate surface area is 172 Å². The summed E-state index contributed by atoms with van der Waals surface area (Å²) in [5, 5.41) is 3.94. The predicted molar refractivity (Wildman–Crippen MR) is 117 cm³/mol. The quantitative estimate of drug-likeness (QED) is 0.412. The van der Waals surface area contributed by atoms with E-state index in [4.69, 9.17) is 17.0 Å². The molecule has 0 saturated carbocycles. The number of Topliss-reactive ketones (excluding diaryl/α,β-unsaturated/α-hetero) is 1. The molecule has 1 atom stereocenters. The van der Waals surface area contributed by atoms with Crippen LogP contribution in [0.15, 0.2) is 65.9 Å². The van der Waals surface area contributed by atoms with E-state index < -0.39 is 0 Å². The van der Waals surface area contributed by atoms with E-state index in [-0.39, 0.29) is 11.8 Å². The molecule has 3 rings (SSSR count). The molecular weight excluding hydrogens is 368 g/mol. The third-order valence-corrected chi connectivity index (χ3v) is 5.41. The Balaban J connectivity index is 2.06. The number of rotatable bonds is 7. The largest absolute Gasteiger partial charge is 0.493 e. The van der Waals surface area contributed by atoms with Gasteiger partial charge in [-0.05, 0) is 31.6 Å². The summed E-state index contributed by atoms with van der Waals surface area (Å²) in [6.07, 6.45) is 2.05. The molecule has 1 N–H and O–H groups in total. The zero-order chi connectivity index (χ0) is 20.1. The topological polar surface area (TPSA) is 41.6 Å². The van der Waals surface area contributed by atoms with Crippen molar-refractivity contribution in [3.63, 3.8) is 0 Å². The van der Waals surface area contributed by atoms with Crippen LogP contribution in [0.3, 0.4) is 0 Å². The van der Waals surface area contributed by atoms with Gasteiger partial charge in [0.1, 0.15) is 5.75 Å². The fourth-order valence-corrected chi connectivity index (χ4v) is 3.54. The summed E-state index contributed by atoms with van der Waals surface area (Å²) in [5.41, 5.74) is 3.13. The van der Waals surface area contributed by atoms with Crippen LogP contribution in [0, 0.1) is 0 Å². The maximum Gasteiger partial charge on any atom is 0.193 e. The second-order valence-corrected chi connectivity index (χ2v) is 7.26. The summed E-state index contributed by atoms with van der Waals surface area (Å²) in [4.78, 5) is 15.3. The van der Waals surface area contributed by atoms with Gasteiger partial charge in [0, 0.05) is 29.4 Å². The van der Waals surface area contributed by atoms with E-state index in [1.54, 1.807) is 0 Å². The van der Waals surface area contributed by atoms with Crippen molar-refractivity contribution in [3.05, 3.63) is 77.0 Å². The van der Waals surface area contributed by atoms with E-state index in [9.17, 15) is 4.79 Å². The molecule has 1 aliphatic rings. The first-order valence-corrected chi connectivity index (χ1v) is 10.0. The van der Waals surface area contributed by atoms with Crippen LogP contribution in [0.2, 0.25) is 0 Å². The molecule has 0 aliphatic carbocycles. The average Bonchev–Trinajstić information content (AvgIpc) is 2.72. The highest BCUT2D eigenvalue weighted by atomic mass is 32.1. The Morgan fingerprint density at radius 3 is 2.54 bits per heavy atom. The molecule has 0 bridgehead atoms. The Bertz CT molecular complexity index is 892. The fraction of sp³-hybridized carbons (Fsp3) is 0.304. The SMILES string of the molecule is CCCCOc1ccccc1C1NC(=S)N(C)C(C)=C1C(=O)c1ccccc1. The molecule has 28 heavy (non-hydrogen) atoms. The zero-order valence-corrected chi connectivity index (χ0v) is 17.4. The first-order valence-electron chi connectivity index (χ1n) is 9.61. The number of para-hydroxylation sites is 1.